The third kappa shape index (κ3) is 4.91. The van der Waals surface area contributed by atoms with Gasteiger partial charge in [0.15, 0.2) is 0 Å². The van der Waals surface area contributed by atoms with E-state index in [-0.39, 0.29) is 6.61 Å². The zero-order valence-electron chi connectivity index (χ0n) is 18.9. The highest BCUT2D eigenvalue weighted by Crippen LogP contribution is 2.44. The molecule has 3 aromatic rings. The first-order valence-electron chi connectivity index (χ1n) is 11.5. The van der Waals surface area contributed by atoms with Crippen molar-refractivity contribution in [1.82, 2.24) is 9.55 Å². The molecule has 0 bridgehead atoms. The van der Waals surface area contributed by atoms with Crippen LogP contribution >= 0.6 is 11.8 Å². The van der Waals surface area contributed by atoms with Gasteiger partial charge in [0.1, 0.15) is 0 Å². The van der Waals surface area contributed by atoms with E-state index in [0.717, 1.165) is 12.1 Å². The van der Waals surface area contributed by atoms with E-state index in [2.05, 4.69) is 84.5 Å². The molecule has 4 heteroatoms. The molecule has 1 aliphatic rings. The lowest BCUT2D eigenvalue weighted by molar-refractivity contribution is 0.279. The maximum Gasteiger partial charge on any atom is 0.0795 e. The van der Waals surface area contributed by atoms with Crippen LogP contribution in [0.25, 0.3) is 0 Å². The van der Waals surface area contributed by atoms with Crippen LogP contribution in [0.5, 0.6) is 0 Å². The summed E-state index contributed by atoms with van der Waals surface area (Å²) < 4.78 is 2.44. The molecule has 0 aliphatic heterocycles. The predicted molar refractivity (Wildman–Crippen MR) is 130 cm³/mol. The predicted octanol–water partition coefficient (Wildman–Crippen LogP) is 6.67. The number of aliphatic hydroxyl groups excluding tert-OH is 1. The van der Waals surface area contributed by atoms with Crippen LogP contribution in [0.15, 0.2) is 59.9 Å². The van der Waals surface area contributed by atoms with Crippen LogP contribution in [0.1, 0.15) is 79.3 Å². The maximum atomic E-state index is 10.2. The van der Waals surface area contributed by atoms with Crippen molar-refractivity contribution < 1.29 is 5.11 Å². The van der Waals surface area contributed by atoms with Gasteiger partial charge in [0.25, 0.3) is 0 Å². The topological polar surface area (TPSA) is 38.0 Å². The summed E-state index contributed by atoms with van der Waals surface area (Å²) in [5.41, 5.74) is 6.38. The fraction of sp³-hybridized carbons (Fsp3) is 0.444. The van der Waals surface area contributed by atoms with Gasteiger partial charge in [-0.1, -0.05) is 50.6 Å². The van der Waals surface area contributed by atoms with Crippen molar-refractivity contribution in [2.75, 3.05) is 0 Å². The Kier molecular flexibility index (Phi) is 7.19. The summed E-state index contributed by atoms with van der Waals surface area (Å²) >= 11 is 2.05. The summed E-state index contributed by atoms with van der Waals surface area (Å²) in [6, 6.07) is 15.2. The van der Waals surface area contributed by atoms with Gasteiger partial charge in [0, 0.05) is 35.4 Å². The number of aliphatic hydroxyl groups is 1. The quantitative estimate of drug-likeness (QED) is 0.451. The van der Waals surface area contributed by atoms with Crippen molar-refractivity contribution in [2.45, 2.75) is 81.7 Å². The number of benzene rings is 1. The second-order valence-electron chi connectivity index (χ2n) is 9.05. The summed E-state index contributed by atoms with van der Waals surface area (Å²) in [4.78, 5) is 4.18. The Morgan fingerprint density at radius 1 is 1.10 bits per heavy atom. The second kappa shape index (κ2) is 10.1. The summed E-state index contributed by atoms with van der Waals surface area (Å²) in [5.74, 6) is 1.03. The van der Waals surface area contributed by atoms with E-state index in [9.17, 15) is 5.11 Å². The standard InChI is InChI=1S/C27H34N2OS/c1-19(2)26-25(18-30)20(3)29(17-21-12-14-28-15-13-21)27(26)31-24-11-7-10-23(16-24)22-8-5-4-6-9-22/h4-6,8-9,12-15,19,23-24,30H,7,10-11,16-18H2,1-3H3. The molecule has 0 radical (unpaired) electrons. The first-order valence-corrected chi connectivity index (χ1v) is 12.4. The van der Waals surface area contributed by atoms with E-state index in [1.165, 1.54) is 53.1 Å². The van der Waals surface area contributed by atoms with Crippen LogP contribution in [-0.2, 0) is 13.2 Å². The Bertz CT molecular complexity index is 981. The molecule has 2 atom stereocenters. The lowest BCUT2D eigenvalue weighted by Crippen LogP contribution is -2.17. The van der Waals surface area contributed by atoms with Crippen molar-refractivity contribution in [3.05, 3.63) is 82.8 Å². The molecule has 31 heavy (non-hydrogen) atoms. The van der Waals surface area contributed by atoms with Crippen LogP contribution in [-0.4, -0.2) is 19.9 Å². The third-order valence-corrected chi connectivity index (χ3v) is 8.07. The molecule has 1 aromatic carbocycles. The molecule has 1 N–H and O–H groups in total. The van der Waals surface area contributed by atoms with Gasteiger partial charge < -0.3 is 9.67 Å². The summed E-state index contributed by atoms with van der Waals surface area (Å²) in [6.07, 6.45) is 8.79. The number of nitrogens with zero attached hydrogens (tertiary/aromatic N) is 2. The van der Waals surface area contributed by atoms with Crippen LogP contribution < -0.4 is 0 Å². The molecular formula is C27H34N2OS. The Hall–Kier alpha value is -2.04. The normalized spacial score (nSPS) is 19.1. The minimum absolute atomic E-state index is 0.105. The molecule has 0 spiro atoms. The van der Waals surface area contributed by atoms with Gasteiger partial charge in [0.2, 0.25) is 0 Å². The van der Waals surface area contributed by atoms with Crippen molar-refractivity contribution >= 4 is 11.8 Å². The van der Waals surface area contributed by atoms with Gasteiger partial charge in [-0.15, -0.1) is 11.8 Å². The Balaban J connectivity index is 1.66. The fourth-order valence-corrected chi connectivity index (χ4v) is 6.75. The van der Waals surface area contributed by atoms with E-state index in [0.29, 0.717) is 17.1 Å². The number of rotatable bonds is 7. The van der Waals surface area contributed by atoms with E-state index < -0.39 is 0 Å². The Morgan fingerprint density at radius 2 is 1.84 bits per heavy atom. The summed E-state index contributed by atoms with van der Waals surface area (Å²) in [5, 5.41) is 12.2. The number of hydrogen-bond donors (Lipinski definition) is 1. The van der Waals surface area contributed by atoms with Gasteiger partial charge in [-0.2, -0.15) is 0 Å². The number of pyridine rings is 1. The lowest BCUT2D eigenvalue weighted by atomic mass is 9.84. The highest BCUT2D eigenvalue weighted by atomic mass is 32.2. The zero-order valence-corrected chi connectivity index (χ0v) is 19.7. The van der Waals surface area contributed by atoms with Crippen molar-refractivity contribution in [2.24, 2.45) is 0 Å². The minimum atomic E-state index is 0.105. The minimum Gasteiger partial charge on any atom is -0.392 e. The smallest absolute Gasteiger partial charge is 0.0795 e. The van der Waals surface area contributed by atoms with Gasteiger partial charge in [-0.25, -0.2) is 0 Å². The maximum absolute atomic E-state index is 10.2. The SMILES string of the molecule is Cc1c(CO)c(C(C)C)c(SC2CCCC(c3ccccc3)C2)n1Cc1ccncc1. The second-order valence-corrected chi connectivity index (χ2v) is 10.3. The van der Waals surface area contributed by atoms with Crippen molar-refractivity contribution in [3.63, 3.8) is 0 Å². The number of thioether (sulfide) groups is 1. The molecule has 3 nitrogen and oxygen atoms in total. The van der Waals surface area contributed by atoms with E-state index >= 15 is 0 Å². The molecule has 2 heterocycles. The average molecular weight is 435 g/mol. The Labute approximate surface area is 190 Å². The molecular weight excluding hydrogens is 400 g/mol. The molecule has 1 fully saturated rings. The molecule has 0 saturated heterocycles. The van der Waals surface area contributed by atoms with E-state index in [1.807, 2.05) is 12.4 Å². The average Bonchev–Trinajstić information content (AvgIpc) is 3.06. The molecule has 1 aliphatic carbocycles. The van der Waals surface area contributed by atoms with E-state index in [4.69, 9.17) is 0 Å². The number of aromatic nitrogens is 2. The monoisotopic (exact) mass is 434 g/mol. The van der Waals surface area contributed by atoms with Crippen LogP contribution in [0.4, 0.5) is 0 Å². The van der Waals surface area contributed by atoms with Crippen LogP contribution in [0.2, 0.25) is 0 Å². The molecule has 164 valence electrons. The lowest BCUT2D eigenvalue weighted by Gasteiger charge is -2.30. The van der Waals surface area contributed by atoms with Crippen molar-refractivity contribution in [1.29, 1.82) is 0 Å². The molecule has 2 unspecified atom stereocenters. The molecule has 2 aromatic heterocycles. The number of hydrogen-bond acceptors (Lipinski definition) is 3. The van der Waals surface area contributed by atoms with Gasteiger partial charge >= 0.3 is 0 Å². The third-order valence-electron chi connectivity index (χ3n) is 6.64. The summed E-state index contributed by atoms with van der Waals surface area (Å²) in [7, 11) is 0. The molecule has 1 saturated carbocycles. The Morgan fingerprint density at radius 3 is 2.52 bits per heavy atom. The fourth-order valence-electron chi connectivity index (χ4n) is 5.01. The summed E-state index contributed by atoms with van der Waals surface area (Å²) in [6.45, 7) is 7.60. The van der Waals surface area contributed by atoms with Gasteiger partial charge in [-0.05, 0) is 66.8 Å². The zero-order chi connectivity index (χ0) is 21.8. The van der Waals surface area contributed by atoms with E-state index in [1.54, 1.807) is 0 Å². The largest absolute Gasteiger partial charge is 0.392 e. The van der Waals surface area contributed by atoms with Gasteiger partial charge in [0.05, 0.1) is 11.6 Å². The van der Waals surface area contributed by atoms with Gasteiger partial charge in [-0.3, -0.25) is 4.98 Å². The molecule has 4 rings (SSSR count). The first-order chi connectivity index (χ1) is 15.1. The van der Waals surface area contributed by atoms with Crippen LogP contribution in [0.3, 0.4) is 0 Å². The highest BCUT2D eigenvalue weighted by molar-refractivity contribution is 7.99. The van der Waals surface area contributed by atoms with Crippen LogP contribution in [0, 0.1) is 6.92 Å². The highest BCUT2D eigenvalue weighted by Gasteiger charge is 2.29. The first kappa shape index (κ1) is 22.2. The van der Waals surface area contributed by atoms with Crippen molar-refractivity contribution in [3.8, 4) is 0 Å². The molecule has 0 amide bonds.